The summed E-state index contributed by atoms with van der Waals surface area (Å²) < 4.78 is 39.3. The number of allylic oxidation sites excluding steroid dienone is 2. The Bertz CT molecular complexity index is 1490. The van der Waals surface area contributed by atoms with Gasteiger partial charge in [-0.2, -0.15) is 0 Å². The standard InChI is InChI=1S/C32H34O9/c1-18-21(23-14-27(37-4)28(38-5)15-24(23)22(18)16-31(33)34)10-20-12-29(39-6)32(30(13-20)40-7)41-17-19-8-9-25(35-2)26(11-19)36-3/h8-15H,16-17H2,1-7H3,(H,33,34)/b21-10-. The minimum Gasteiger partial charge on any atom is -0.493 e. The van der Waals surface area contributed by atoms with Crippen molar-refractivity contribution in [3.8, 4) is 40.2 Å². The van der Waals surface area contributed by atoms with Crippen LogP contribution < -0.4 is 33.2 Å². The summed E-state index contributed by atoms with van der Waals surface area (Å²) in [6.07, 6.45) is 1.85. The molecule has 0 atom stereocenters. The summed E-state index contributed by atoms with van der Waals surface area (Å²) in [4.78, 5) is 11.7. The van der Waals surface area contributed by atoms with Crippen LogP contribution in [0.15, 0.2) is 48.0 Å². The van der Waals surface area contributed by atoms with Gasteiger partial charge in [0.1, 0.15) is 6.61 Å². The second-order valence-corrected chi connectivity index (χ2v) is 9.22. The van der Waals surface area contributed by atoms with Gasteiger partial charge in [0.2, 0.25) is 5.75 Å². The van der Waals surface area contributed by atoms with E-state index in [1.807, 2.05) is 55.5 Å². The van der Waals surface area contributed by atoms with Crippen LogP contribution in [0.3, 0.4) is 0 Å². The highest BCUT2D eigenvalue weighted by atomic mass is 16.5. The summed E-state index contributed by atoms with van der Waals surface area (Å²) in [6.45, 7) is 2.15. The third-order valence-electron chi connectivity index (χ3n) is 6.95. The molecule has 0 aliphatic heterocycles. The fourth-order valence-corrected chi connectivity index (χ4v) is 4.90. The number of rotatable bonds is 12. The highest BCUT2D eigenvalue weighted by molar-refractivity contribution is 6.08. The van der Waals surface area contributed by atoms with E-state index in [-0.39, 0.29) is 13.0 Å². The van der Waals surface area contributed by atoms with Crippen molar-refractivity contribution in [3.05, 3.63) is 70.3 Å². The van der Waals surface area contributed by atoms with Crippen LogP contribution in [0.2, 0.25) is 0 Å². The molecule has 0 aromatic heterocycles. The largest absolute Gasteiger partial charge is 0.493 e. The van der Waals surface area contributed by atoms with Crippen molar-refractivity contribution in [3.63, 3.8) is 0 Å². The van der Waals surface area contributed by atoms with Crippen molar-refractivity contribution in [2.75, 3.05) is 42.7 Å². The zero-order valence-corrected chi connectivity index (χ0v) is 24.2. The Hall–Kier alpha value is -4.79. The number of carboxylic acids is 1. The molecule has 0 saturated heterocycles. The second-order valence-electron chi connectivity index (χ2n) is 9.22. The monoisotopic (exact) mass is 562 g/mol. The number of methoxy groups -OCH3 is 6. The van der Waals surface area contributed by atoms with Gasteiger partial charge in [0.15, 0.2) is 34.5 Å². The molecule has 1 aliphatic rings. The average molecular weight is 563 g/mol. The number of fused-ring (bicyclic) bond motifs is 1. The predicted octanol–water partition coefficient (Wildman–Crippen LogP) is 6.12. The molecule has 1 aliphatic carbocycles. The number of hydrogen-bond acceptors (Lipinski definition) is 8. The van der Waals surface area contributed by atoms with Gasteiger partial charge in [-0.15, -0.1) is 0 Å². The lowest BCUT2D eigenvalue weighted by atomic mass is 9.99. The van der Waals surface area contributed by atoms with E-state index in [2.05, 4.69) is 0 Å². The van der Waals surface area contributed by atoms with Gasteiger partial charge in [-0.05, 0) is 88.4 Å². The van der Waals surface area contributed by atoms with E-state index in [0.29, 0.717) is 45.8 Å². The molecule has 3 aromatic rings. The molecule has 4 rings (SSSR count). The van der Waals surface area contributed by atoms with Crippen molar-refractivity contribution < 1.29 is 43.1 Å². The minimum absolute atomic E-state index is 0.124. The minimum atomic E-state index is -0.916. The molecule has 3 aromatic carbocycles. The summed E-state index contributed by atoms with van der Waals surface area (Å²) in [5, 5.41) is 9.61. The lowest BCUT2D eigenvalue weighted by molar-refractivity contribution is -0.135. The zero-order chi connectivity index (χ0) is 29.7. The number of carbonyl (C=O) groups is 1. The molecule has 0 fully saturated rings. The first-order chi connectivity index (χ1) is 19.8. The molecule has 0 radical (unpaired) electrons. The molecule has 9 nitrogen and oxygen atoms in total. The first-order valence-electron chi connectivity index (χ1n) is 12.8. The molecular weight excluding hydrogens is 528 g/mol. The van der Waals surface area contributed by atoms with E-state index >= 15 is 0 Å². The maximum absolute atomic E-state index is 11.7. The fraction of sp³-hybridized carbons (Fsp3) is 0.281. The van der Waals surface area contributed by atoms with Gasteiger partial charge in [-0.3, -0.25) is 4.79 Å². The van der Waals surface area contributed by atoms with E-state index in [1.165, 1.54) is 0 Å². The summed E-state index contributed by atoms with van der Waals surface area (Å²) in [5.41, 5.74) is 5.73. The van der Waals surface area contributed by atoms with Crippen LogP contribution >= 0.6 is 0 Å². The molecule has 216 valence electrons. The Morgan fingerprint density at radius 3 is 1.78 bits per heavy atom. The highest BCUT2D eigenvalue weighted by Crippen LogP contribution is 2.48. The lowest BCUT2D eigenvalue weighted by Gasteiger charge is -2.17. The second kappa shape index (κ2) is 12.6. The Morgan fingerprint density at radius 2 is 1.24 bits per heavy atom. The van der Waals surface area contributed by atoms with Gasteiger partial charge in [0.25, 0.3) is 0 Å². The maximum atomic E-state index is 11.7. The highest BCUT2D eigenvalue weighted by Gasteiger charge is 2.28. The van der Waals surface area contributed by atoms with Crippen molar-refractivity contribution in [1.82, 2.24) is 0 Å². The lowest BCUT2D eigenvalue weighted by Crippen LogP contribution is -2.01. The van der Waals surface area contributed by atoms with E-state index in [9.17, 15) is 9.90 Å². The van der Waals surface area contributed by atoms with Crippen molar-refractivity contribution in [2.45, 2.75) is 20.0 Å². The van der Waals surface area contributed by atoms with Crippen molar-refractivity contribution in [2.24, 2.45) is 0 Å². The van der Waals surface area contributed by atoms with Gasteiger partial charge in [-0.25, -0.2) is 0 Å². The van der Waals surface area contributed by atoms with Gasteiger partial charge in [0, 0.05) is 0 Å². The van der Waals surface area contributed by atoms with Crippen LogP contribution in [0.5, 0.6) is 40.2 Å². The molecule has 0 heterocycles. The van der Waals surface area contributed by atoms with Crippen molar-refractivity contribution >= 4 is 23.2 Å². The quantitative estimate of drug-likeness (QED) is 0.280. The SMILES string of the molecule is COc1ccc(COc2c(OC)cc(/C=C3/C(C)=C(CC(=O)O)c4cc(OC)c(OC)cc43)cc2OC)cc1OC. The Kier molecular flexibility index (Phi) is 8.97. The van der Waals surface area contributed by atoms with E-state index in [1.54, 1.807) is 42.7 Å². The van der Waals surface area contributed by atoms with Gasteiger partial charge < -0.3 is 38.3 Å². The van der Waals surface area contributed by atoms with Gasteiger partial charge in [0.05, 0.1) is 49.1 Å². The van der Waals surface area contributed by atoms with Gasteiger partial charge >= 0.3 is 5.97 Å². The predicted molar refractivity (Wildman–Crippen MR) is 156 cm³/mol. The summed E-state index contributed by atoms with van der Waals surface area (Å²) in [6, 6.07) is 13.0. The summed E-state index contributed by atoms with van der Waals surface area (Å²) in [5.74, 6) is 2.81. The van der Waals surface area contributed by atoms with Crippen LogP contribution in [-0.2, 0) is 11.4 Å². The van der Waals surface area contributed by atoms with Crippen LogP contribution in [0.25, 0.3) is 17.2 Å². The fourth-order valence-electron chi connectivity index (χ4n) is 4.90. The number of benzene rings is 3. The molecule has 0 bridgehead atoms. The Balaban J connectivity index is 1.75. The number of hydrogen-bond donors (Lipinski definition) is 1. The smallest absolute Gasteiger partial charge is 0.307 e. The summed E-state index contributed by atoms with van der Waals surface area (Å²) in [7, 11) is 9.41. The first kappa shape index (κ1) is 29.2. The van der Waals surface area contributed by atoms with Crippen LogP contribution in [0.1, 0.15) is 35.6 Å². The first-order valence-corrected chi connectivity index (χ1v) is 12.8. The third kappa shape index (κ3) is 5.89. The topological polar surface area (TPSA) is 102 Å². The molecule has 0 saturated carbocycles. The molecule has 0 spiro atoms. The van der Waals surface area contributed by atoms with Crippen LogP contribution in [0, 0.1) is 0 Å². The molecule has 9 heteroatoms. The van der Waals surface area contributed by atoms with Gasteiger partial charge in [-0.1, -0.05) is 6.07 Å². The van der Waals surface area contributed by atoms with E-state index in [0.717, 1.165) is 33.4 Å². The van der Waals surface area contributed by atoms with Crippen LogP contribution in [-0.4, -0.2) is 53.7 Å². The Morgan fingerprint density at radius 1 is 0.707 bits per heavy atom. The molecule has 41 heavy (non-hydrogen) atoms. The number of ether oxygens (including phenoxy) is 7. The van der Waals surface area contributed by atoms with E-state index in [4.69, 9.17) is 33.2 Å². The third-order valence-corrected chi connectivity index (χ3v) is 6.95. The average Bonchev–Trinajstić information content (AvgIpc) is 3.23. The molecule has 0 amide bonds. The molecular formula is C32H34O9. The van der Waals surface area contributed by atoms with Crippen molar-refractivity contribution in [1.29, 1.82) is 0 Å². The maximum Gasteiger partial charge on any atom is 0.307 e. The Labute approximate surface area is 239 Å². The zero-order valence-electron chi connectivity index (χ0n) is 24.2. The van der Waals surface area contributed by atoms with Crippen LogP contribution in [0.4, 0.5) is 0 Å². The molecule has 1 N–H and O–H groups in total. The number of carboxylic acid groups (broad SMARTS) is 1. The molecule has 0 unspecified atom stereocenters. The summed E-state index contributed by atoms with van der Waals surface area (Å²) >= 11 is 0. The normalized spacial score (nSPS) is 13.1. The number of aliphatic carboxylic acids is 1. The van der Waals surface area contributed by atoms with E-state index < -0.39 is 5.97 Å².